The van der Waals surface area contributed by atoms with E-state index in [0.29, 0.717) is 29.4 Å². The van der Waals surface area contributed by atoms with Gasteiger partial charge in [0.1, 0.15) is 12.3 Å². The fourth-order valence-electron chi connectivity index (χ4n) is 4.00. The van der Waals surface area contributed by atoms with Crippen LogP contribution in [0.1, 0.15) is 5.56 Å². The Morgan fingerprint density at radius 1 is 0.833 bits per heavy atom. The Morgan fingerprint density at radius 3 is 2.14 bits per heavy atom. The number of aryl methyl sites for hydroxylation is 1. The minimum absolute atomic E-state index is 0.159. The number of ether oxygens (including phenoxy) is 3. The summed E-state index contributed by atoms with van der Waals surface area (Å²) in [6, 6.07) is 19.5. The van der Waals surface area contributed by atoms with Gasteiger partial charge in [-0.3, -0.25) is 18.7 Å². The van der Waals surface area contributed by atoms with Crippen LogP contribution in [0.3, 0.4) is 0 Å². The van der Waals surface area contributed by atoms with Crippen LogP contribution in [-0.2, 0) is 24.3 Å². The largest absolute Gasteiger partial charge is 0.497 e. The number of hydrogen-bond acceptors (Lipinski definition) is 6. The molecule has 9 heteroatoms. The predicted octanol–water partition coefficient (Wildman–Crippen LogP) is 3.07. The Hall–Kier alpha value is -4.53. The zero-order chi connectivity index (χ0) is 25.7. The molecule has 1 aromatic heterocycles. The van der Waals surface area contributed by atoms with Crippen molar-refractivity contribution in [1.82, 2.24) is 9.13 Å². The molecule has 1 N–H and O–H groups in total. The number of carbonyl (C=O) groups is 1. The van der Waals surface area contributed by atoms with Gasteiger partial charge in [-0.15, -0.1) is 0 Å². The van der Waals surface area contributed by atoms with Gasteiger partial charge in [0, 0.05) is 18.3 Å². The molecule has 0 aliphatic rings. The summed E-state index contributed by atoms with van der Waals surface area (Å²) < 4.78 is 18.3. The molecule has 186 valence electrons. The number of hydrogen-bond donors (Lipinski definition) is 1. The molecule has 9 nitrogen and oxygen atoms in total. The Bertz CT molecular complexity index is 1490. The summed E-state index contributed by atoms with van der Waals surface area (Å²) in [6.45, 7) is -0.144. The lowest BCUT2D eigenvalue weighted by Gasteiger charge is -2.16. The number of methoxy groups -OCH3 is 3. The van der Waals surface area contributed by atoms with Crippen molar-refractivity contribution in [3.63, 3.8) is 0 Å². The van der Waals surface area contributed by atoms with Crippen molar-refractivity contribution >= 4 is 22.5 Å². The first-order valence-corrected chi connectivity index (χ1v) is 11.3. The highest BCUT2D eigenvalue weighted by atomic mass is 16.5. The van der Waals surface area contributed by atoms with E-state index < -0.39 is 17.2 Å². The van der Waals surface area contributed by atoms with E-state index >= 15 is 0 Å². The molecule has 0 bridgehead atoms. The van der Waals surface area contributed by atoms with Crippen molar-refractivity contribution in [1.29, 1.82) is 0 Å². The van der Waals surface area contributed by atoms with E-state index in [1.807, 2.05) is 30.3 Å². The summed E-state index contributed by atoms with van der Waals surface area (Å²) in [5.41, 5.74) is 0.775. The second-order valence-electron chi connectivity index (χ2n) is 8.06. The third kappa shape index (κ3) is 5.10. The summed E-state index contributed by atoms with van der Waals surface area (Å²) in [7, 11) is 4.49. The Morgan fingerprint density at radius 2 is 1.50 bits per heavy atom. The van der Waals surface area contributed by atoms with Crippen molar-refractivity contribution in [2.75, 3.05) is 26.6 Å². The smallest absolute Gasteiger partial charge is 0.331 e. The second-order valence-corrected chi connectivity index (χ2v) is 8.06. The number of anilines is 1. The fraction of sp³-hybridized carbons (Fsp3) is 0.222. The van der Waals surface area contributed by atoms with Gasteiger partial charge < -0.3 is 19.5 Å². The first kappa shape index (κ1) is 24.6. The standard InChI is InChI=1S/C27H27N3O6/c1-34-20-11-9-19(10-12-20)28-25(31)17-30-22-16-24(36-3)23(35-2)15-21(22)26(32)29(27(30)33)14-13-18-7-5-4-6-8-18/h4-12,15-16H,13-14,17H2,1-3H3,(H,28,31). The Balaban J connectivity index is 1.76. The van der Waals surface area contributed by atoms with Crippen molar-refractivity contribution in [3.8, 4) is 17.2 Å². The molecule has 0 spiro atoms. The van der Waals surface area contributed by atoms with Crippen molar-refractivity contribution in [2.45, 2.75) is 19.5 Å². The van der Waals surface area contributed by atoms with Crippen LogP contribution in [-0.4, -0.2) is 36.4 Å². The highest BCUT2D eigenvalue weighted by Gasteiger charge is 2.19. The van der Waals surface area contributed by atoms with Crippen LogP contribution in [0.25, 0.3) is 10.9 Å². The molecule has 0 fully saturated rings. The zero-order valence-corrected chi connectivity index (χ0v) is 20.3. The van der Waals surface area contributed by atoms with Gasteiger partial charge in [-0.25, -0.2) is 4.79 Å². The van der Waals surface area contributed by atoms with Crippen LogP contribution < -0.4 is 30.8 Å². The monoisotopic (exact) mass is 489 g/mol. The highest BCUT2D eigenvalue weighted by molar-refractivity contribution is 5.92. The molecule has 0 aliphatic carbocycles. The van der Waals surface area contributed by atoms with E-state index in [9.17, 15) is 14.4 Å². The third-order valence-corrected chi connectivity index (χ3v) is 5.87. The molecule has 0 saturated carbocycles. The van der Waals surface area contributed by atoms with E-state index in [0.717, 1.165) is 10.1 Å². The maximum atomic E-state index is 13.5. The minimum Gasteiger partial charge on any atom is -0.497 e. The molecular weight excluding hydrogens is 462 g/mol. The molecule has 0 aliphatic heterocycles. The number of amides is 1. The topological polar surface area (TPSA) is 101 Å². The Labute approximate surface area is 207 Å². The van der Waals surface area contributed by atoms with Gasteiger partial charge in [0.05, 0.1) is 32.2 Å². The second kappa shape index (κ2) is 10.8. The van der Waals surface area contributed by atoms with Crippen LogP contribution in [0.4, 0.5) is 5.69 Å². The van der Waals surface area contributed by atoms with Crippen molar-refractivity contribution in [2.24, 2.45) is 0 Å². The number of carbonyl (C=O) groups excluding carboxylic acids is 1. The lowest BCUT2D eigenvalue weighted by atomic mass is 10.1. The Kier molecular flexibility index (Phi) is 7.39. The summed E-state index contributed by atoms with van der Waals surface area (Å²) >= 11 is 0. The number of nitrogens with zero attached hydrogens (tertiary/aromatic N) is 2. The zero-order valence-electron chi connectivity index (χ0n) is 20.3. The maximum Gasteiger partial charge on any atom is 0.331 e. The molecule has 4 rings (SSSR count). The van der Waals surface area contributed by atoms with Crippen LogP contribution in [0.15, 0.2) is 76.3 Å². The fourth-order valence-corrected chi connectivity index (χ4v) is 4.00. The highest BCUT2D eigenvalue weighted by Crippen LogP contribution is 2.30. The van der Waals surface area contributed by atoms with Gasteiger partial charge in [0.25, 0.3) is 5.56 Å². The first-order chi connectivity index (χ1) is 17.4. The van der Waals surface area contributed by atoms with E-state index in [1.54, 1.807) is 37.4 Å². The van der Waals surface area contributed by atoms with E-state index in [1.165, 1.54) is 24.9 Å². The quantitative estimate of drug-likeness (QED) is 0.388. The molecule has 1 heterocycles. The van der Waals surface area contributed by atoms with E-state index in [-0.39, 0.29) is 24.0 Å². The SMILES string of the molecule is COc1ccc(NC(=O)Cn2c(=O)n(CCc3ccccc3)c(=O)c3cc(OC)c(OC)cc32)cc1. The van der Waals surface area contributed by atoms with Gasteiger partial charge in [0.15, 0.2) is 11.5 Å². The van der Waals surface area contributed by atoms with E-state index in [4.69, 9.17) is 14.2 Å². The van der Waals surface area contributed by atoms with Crippen molar-refractivity contribution < 1.29 is 19.0 Å². The third-order valence-electron chi connectivity index (χ3n) is 5.87. The normalized spacial score (nSPS) is 10.8. The number of aromatic nitrogens is 2. The molecule has 4 aromatic rings. The first-order valence-electron chi connectivity index (χ1n) is 11.3. The average Bonchev–Trinajstić information content (AvgIpc) is 2.91. The molecule has 1 amide bonds. The van der Waals surface area contributed by atoms with Crippen LogP contribution in [0.5, 0.6) is 17.2 Å². The summed E-state index contributed by atoms with van der Waals surface area (Å²) in [5, 5.41) is 3.03. The molecule has 0 saturated heterocycles. The van der Waals surface area contributed by atoms with Crippen LogP contribution in [0, 0.1) is 0 Å². The molecular formula is C27H27N3O6. The summed E-state index contributed by atoms with van der Waals surface area (Å²) in [5.74, 6) is 0.924. The summed E-state index contributed by atoms with van der Waals surface area (Å²) in [4.78, 5) is 39.8. The predicted molar refractivity (Wildman–Crippen MR) is 137 cm³/mol. The number of nitrogens with one attached hydrogen (secondary N) is 1. The van der Waals surface area contributed by atoms with Gasteiger partial charge in [0.2, 0.25) is 5.91 Å². The summed E-state index contributed by atoms with van der Waals surface area (Å²) in [6.07, 6.45) is 0.479. The number of rotatable bonds is 9. The molecule has 36 heavy (non-hydrogen) atoms. The molecule has 0 unspecified atom stereocenters. The minimum atomic E-state index is -0.583. The number of benzene rings is 3. The lowest BCUT2D eigenvalue weighted by Crippen LogP contribution is -2.42. The van der Waals surface area contributed by atoms with Gasteiger partial charge in [-0.2, -0.15) is 0 Å². The lowest BCUT2D eigenvalue weighted by molar-refractivity contribution is -0.116. The molecule has 0 radical (unpaired) electrons. The molecule has 0 atom stereocenters. The van der Waals surface area contributed by atoms with Gasteiger partial charge in [-0.1, -0.05) is 30.3 Å². The average molecular weight is 490 g/mol. The van der Waals surface area contributed by atoms with Gasteiger partial charge in [-0.05, 0) is 42.3 Å². The molecule has 3 aromatic carbocycles. The number of fused-ring (bicyclic) bond motifs is 1. The van der Waals surface area contributed by atoms with Crippen molar-refractivity contribution in [3.05, 3.63) is 93.1 Å². The van der Waals surface area contributed by atoms with Crippen LogP contribution >= 0.6 is 0 Å². The van der Waals surface area contributed by atoms with E-state index in [2.05, 4.69) is 5.32 Å². The van der Waals surface area contributed by atoms with Crippen LogP contribution in [0.2, 0.25) is 0 Å². The maximum absolute atomic E-state index is 13.5. The van der Waals surface area contributed by atoms with Gasteiger partial charge >= 0.3 is 5.69 Å².